The molecule has 0 saturated heterocycles. The average molecular weight is 250 g/mol. The van der Waals surface area contributed by atoms with E-state index in [9.17, 15) is 4.39 Å². The number of benzene rings is 1. The highest BCUT2D eigenvalue weighted by molar-refractivity contribution is 5.31. The summed E-state index contributed by atoms with van der Waals surface area (Å²) in [6, 6.07) is 4.82. The van der Waals surface area contributed by atoms with E-state index in [4.69, 9.17) is 10.5 Å². The summed E-state index contributed by atoms with van der Waals surface area (Å²) in [5, 5.41) is 3.25. The molecule has 0 amide bonds. The smallest absolute Gasteiger partial charge is 0.165 e. The monoisotopic (exact) mass is 250 g/mol. The second kappa shape index (κ2) is 7.70. The topological polar surface area (TPSA) is 47.3 Å². The van der Waals surface area contributed by atoms with Crippen LogP contribution in [0.4, 0.5) is 4.39 Å². The maximum absolute atomic E-state index is 13.6. The first-order valence-corrected chi connectivity index (χ1v) is 5.89. The number of nitrogens with one attached hydrogen (secondary N) is 1. The molecule has 0 aliphatic heterocycles. The van der Waals surface area contributed by atoms with Crippen LogP contribution >= 0.6 is 0 Å². The molecule has 0 aromatic heterocycles. The van der Waals surface area contributed by atoms with E-state index in [0.717, 1.165) is 18.5 Å². The fraction of sp³-hybridized carbons (Fsp3) is 0.429. The highest BCUT2D eigenvalue weighted by atomic mass is 19.1. The van der Waals surface area contributed by atoms with Gasteiger partial charge in [-0.3, -0.25) is 0 Å². The number of ether oxygens (including phenoxy) is 1. The normalized spacial score (nSPS) is 11.6. The number of methoxy groups -OCH3 is 1. The molecule has 0 bridgehead atoms. The molecule has 98 valence electrons. The first kappa shape index (κ1) is 14.5. The largest absolute Gasteiger partial charge is 0.494 e. The van der Waals surface area contributed by atoms with Gasteiger partial charge in [-0.05, 0) is 24.6 Å². The van der Waals surface area contributed by atoms with Gasteiger partial charge in [0, 0.05) is 25.6 Å². The fourth-order valence-electron chi connectivity index (χ4n) is 1.67. The molecular formula is C14H19FN2O. The molecule has 0 spiro atoms. The lowest BCUT2D eigenvalue weighted by Crippen LogP contribution is -2.29. The zero-order valence-electron chi connectivity index (χ0n) is 10.8. The summed E-state index contributed by atoms with van der Waals surface area (Å²) in [6.07, 6.45) is 0.756. The van der Waals surface area contributed by atoms with Crippen molar-refractivity contribution in [2.24, 2.45) is 5.73 Å². The molecule has 3 N–H and O–H groups in total. The Hall–Kier alpha value is -1.57. The molecule has 1 aromatic rings. The lowest BCUT2D eigenvalue weighted by Gasteiger charge is -2.17. The van der Waals surface area contributed by atoms with E-state index in [1.807, 2.05) is 6.07 Å². The molecule has 0 heterocycles. The van der Waals surface area contributed by atoms with Gasteiger partial charge in [0.05, 0.1) is 7.11 Å². The van der Waals surface area contributed by atoms with Gasteiger partial charge in [0.25, 0.3) is 0 Å². The van der Waals surface area contributed by atoms with E-state index >= 15 is 0 Å². The predicted molar refractivity (Wildman–Crippen MR) is 70.8 cm³/mol. The van der Waals surface area contributed by atoms with E-state index in [-0.39, 0.29) is 17.6 Å². The van der Waals surface area contributed by atoms with Crippen molar-refractivity contribution in [2.75, 3.05) is 20.2 Å². The van der Waals surface area contributed by atoms with Crippen molar-refractivity contribution >= 4 is 0 Å². The standard InChI is InChI=1S/C14H19FN2O/c1-3-4-5-8-17-13(10-16)11-6-7-14(18-2)12(15)9-11/h6-7,9,13,17H,5,8,10,16H2,1-2H3. The molecule has 1 rings (SSSR count). The minimum atomic E-state index is -0.372. The van der Waals surface area contributed by atoms with Crippen molar-refractivity contribution in [3.05, 3.63) is 29.6 Å². The van der Waals surface area contributed by atoms with Crippen LogP contribution in [0.5, 0.6) is 5.75 Å². The second-order valence-electron chi connectivity index (χ2n) is 3.81. The maximum Gasteiger partial charge on any atom is 0.165 e. The summed E-state index contributed by atoms with van der Waals surface area (Å²) in [6.45, 7) is 2.95. The molecule has 0 saturated carbocycles. The SMILES string of the molecule is CC#CCCNC(CN)c1ccc(OC)c(F)c1. The van der Waals surface area contributed by atoms with Crippen LogP contribution in [-0.4, -0.2) is 20.2 Å². The first-order chi connectivity index (χ1) is 8.72. The van der Waals surface area contributed by atoms with Gasteiger partial charge < -0.3 is 15.8 Å². The first-order valence-electron chi connectivity index (χ1n) is 5.89. The highest BCUT2D eigenvalue weighted by Gasteiger charge is 2.11. The number of hydrogen-bond donors (Lipinski definition) is 2. The third-order valence-corrected chi connectivity index (χ3v) is 2.63. The van der Waals surface area contributed by atoms with E-state index in [1.54, 1.807) is 13.0 Å². The number of rotatable bonds is 6. The van der Waals surface area contributed by atoms with Crippen molar-refractivity contribution in [1.29, 1.82) is 0 Å². The number of halogens is 1. The summed E-state index contributed by atoms with van der Waals surface area (Å²) in [4.78, 5) is 0. The van der Waals surface area contributed by atoms with Crippen LogP contribution in [-0.2, 0) is 0 Å². The van der Waals surface area contributed by atoms with Gasteiger partial charge in [0.15, 0.2) is 11.6 Å². The molecule has 1 atom stereocenters. The van der Waals surface area contributed by atoms with Gasteiger partial charge in [0.2, 0.25) is 0 Å². The average Bonchev–Trinajstić information content (AvgIpc) is 2.39. The molecule has 0 aliphatic carbocycles. The Balaban J connectivity index is 2.68. The molecule has 18 heavy (non-hydrogen) atoms. The Morgan fingerprint density at radius 3 is 2.83 bits per heavy atom. The Morgan fingerprint density at radius 1 is 1.50 bits per heavy atom. The third-order valence-electron chi connectivity index (χ3n) is 2.63. The predicted octanol–water partition coefficient (Wildman–Crippen LogP) is 1.84. The Morgan fingerprint density at radius 2 is 2.28 bits per heavy atom. The van der Waals surface area contributed by atoms with Gasteiger partial charge >= 0.3 is 0 Å². The Bertz CT molecular complexity index is 437. The molecule has 1 aromatic carbocycles. The summed E-state index contributed by atoms with van der Waals surface area (Å²) in [5.74, 6) is 5.66. The minimum Gasteiger partial charge on any atom is -0.494 e. The Kier molecular flexibility index (Phi) is 6.20. The van der Waals surface area contributed by atoms with E-state index in [0.29, 0.717) is 6.54 Å². The zero-order chi connectivity index (χ0) is 13.4. The molecule has 1 unspecified atom stereocenters. The maximum atomic E-state index is 13.6. The highest BCUT2D eigenvalue weighted by Crippen LogP contribution is 2.21. The molecule has 4 heteroatoms. The van der Waals surface area contributed by atoms with E-state index in [2.05, 4.69) is 17.2 Å². The number of nitrogens with two attached hydrogens (primary N) is 1. The minimum absolute atomic E-state index is 0.0657. The Labute approximate surface area is 108 Å². The lowest BCUT2D eigenvalue weighted by atomic mass is 10.1. The van der Waals surface area contributed by atoms with Gasteiger partial charge in [0.1, 0.15) is 0 Å². The lowest BCUT2D eigenvalue weighted by molar-refractivity contribution is 0.385. The summed E-state index contributed by atoms with van der Waals surface area (Å²) >= 11 is 0. The quantitative estimate of drug-likeness (QED) is 0.598. The molecule has 3 nitrogen and oxygen atoms in total. The van der Waals surface area contributed by atoms with Gasteiger partial charge in [-0.15, -0.1) is 11.8 Å². The van der Waals surface area contributed by atoms with Crippen molar-refractivity contribution in [1.82, 2.24) is 5.32 Å². The van der Waals surface area contributed by atoms with E-state index < -0.39 is 0 Å². The van der Waals surface area contributed by atoms with Crippen LogP contribution in [0.3, 0.4) is 0 Å². The third kappa shape index (κ3) is 4.02. The van der Waals surface area contributed by atoms with Crippen molar-refractivity contribution in [3.8, 4) is 17.6 Å². The van der Waals surface area contributed by atoms with Gasteiger partial charge in [-0.1, -0.05) is 6.07 Å². The summed E-state index contributed by atoms with van der Waals surface area (Å²) in [7, 11) is 1.44. The molecule has 0 radical (unpaired) electrons. The molecule has 0 aliphatic rings. The van der Waals surface area contributed by atoms with Crippen LogP contribution < -0.4 is 15.8 Å². The van der Waals surface area contributed by atoms with Crippen LogP contribution in [0, 0.1) is 17.7 Å². The van der Waals surface area contributed by atoms with Crippen molar-refractivity contribution in [3.63, 3.8) is 0 Å². The summed E-state index contributed by atoms with van der Waals surface area (Å²) < 4.78 is 18.5. The van der Waals surface area contributed by atoms with Crippen LogP contribution in [0.25, 0.3) is 0 Å². The molecular weight excluding hydrogens is 231 g/mol. The molecule has 0 fully saturated rings. The van der Waals surface area contributed by atoms with Crippen LogP contribution in [0.1, 0.15) is 24.9 Å². The number of hydrogen-bond acceptors (Lipinski definition) is 3. The van der Waals surface area contributed by atoms with E-state index in [1.165, 1.54) is 13.2 Å². The van der Waals surface area contributed by atoms with Gasteiger partial charge in [-0.2, -0.15) is 0 Å². The second-order valence-corrected chi connectivity index (χ2v) is 3.81. The van der Waals surface area contributed by atoms with Gasteiger partial charge in [-0.25, -0.2) is 4.39 Å². The van der Waals surface area contributed by atoms with Crippen LogP contribution in [0.15, 0.2) is 18.2 Å². The van der Waals surface area contributed by atoms with Crippen LogP contribution in [0.2, 0.25) is 0 Å². The summed E-state index contributed by atoms with van der Waals surface area (Å²) in [5.41, 5.74) is 6.51. The zero-order valence-corrected chi connectivity index (χ0v) is 10.8. The van der Waals surface area contributed by atoms with Crippen molar-refractivity contribution < 1.29 is 9.13 Å². The fourth-order valence-corrected chi connectivity index (χ4v) is 1.67. The van der Waals surface area contributed by atoms with Crippen molar-refractivity contribution in [2.45, 2.75) is 19.4 Å².